The standard InChI is InChI=1S/C12H17N/c1-13-9-5-8-12(13)10-11-6-3-2-4-7-11/h2-4,6-7,12-13H,1,5,8-10H2. The molecular formula is C12H17N. The van der Waals surface area contributed by atoms with Crippen LogP contribution in [0.25, 0.3) is 0 Å². The lowest BCUT2D eigenvalue weighted by Crippen LogP contribution is -3.08. The van der Waals surface area contributed by atoms with Crippen LogP contribution in [0.1, 0.15) is 18.4 Å². The van der Waals surface area contributed by atoms with Gasteiger partial charge in [-0.05, 0) is 12.0 Å². The molecule has 0 radical (unpaired) electrons. The lowest BCUT2D eigenvalue weighted by molar-refractivity contribution is -0.866. The van der Waals surface area contributed by atoms with Gasteiger partial charge in [-0.1, -0.05) is 30.3 Å². The Morgan fingerprint density at radius 2 is 2.08 bits per heavy atom. The number of hydrogen-bond donors (Lipinski definition) is 1. The minimum absolute atomic E-state index is 0.752. The van der Waals surface area contributed by atoms with E-state index in [1.807, 2.05) is 0 Å². The van der Waals surface area contributed by atoms with Crippen LogP contribution in [0.15, 0.2) is 30.3 Å². The highest BCUT2D eigenvalue weighted by molar-refractivity contribution is 5.15. The van der Waals surface area contributed by atoms with Crippen molar-refractivity contribution in [1.29, 1.82) is 0 Å². The summed E-state index contributed by atoms with van der Waals surface area (Å²) in [6, 6.07) is 11.5. The number of hydrogen-bond acceptors (Lipinski definition) is 0. The van der Waals surface area contributed by atoms with Gasteiger partial charge < -0.3 is 4.90 Å². The van der Waals surface area contributed by atoms with Gasteiger partial charge in [0.15, 0.2) is 0 Å². The number of likely N-dealkylation sites (tertiary alicyclic amines) is 1. The van der Waals surface area contributed by atoms with Crippen molar-refractivity contribution in [2.24, 2.45) is 0 Å². The van der Waals surface area contributed by atoms with Crippen LogP contribution in [0, 0.1) is 7.05 Å². The molecule has 1 aliphatic rings. The molecule has 2 unspecified atom stereocenters. The van der Waals surface area contributed by atoms with Gasteiger partial charge in [-0.15, -0.1) is 0 Å². The minimum atomic E-state index is 0.752. The molecule has 1 aromatic rings. The SMILES string of the molecule is [CH2-][NH+]1CCCC1Cc1ccccc1. The maximum Gasteiger partial charge on any atom is 0.0678 e. The van der Waals surface area contributed by atoms with Crippen LogP contribution in [0.3, 0.4) is 0 Å². The summed E-state index contributed by atoms with van der Waals surface area (Å²) in [5.41, 5.74) is 1.45. The number of benzene rings is 1. The molecule has 1 heterocycles. The smallest absolute Gasteiger partial charge is 0.0678 e. The second kappa shape index (κ2) is 3.93. The highest BCUT2D eigenvalue weighted by Gasteiger charge is 2.20. The van der Waals surface area contributed by atoms with Crippen LogP contribution in [0.2, 0.25) is 0 Å². The molecule has 70 valence electrons. The average Bonchev–Trinajstić information content (AvgIpc) is 2.54. The van der Waals surface area contributed by atoms with Gasteiger partial charge in [0, 0.05) is 12.8 Å². The van der Waals surface area contributed by atoms with Gasteiger partial charge in [-0.25, -0.2) is 0 Å². The summed E-state index contributed by atoms with van der Waals surface area (Å²) in [5, 5.41) is 0. The second-order valence-electron chi connectivity index (χ2n) is 3.94. The molecule has 1 N–H and O–H groups in total. The molecule has 1 fully saturated rings. The maximum atomic E-state index is 4.13. The first-order chi connectivity index (χ1) is 6.36. The van der Waals surface area contributed by atoms with E-state index in [-0.39, 0.29) is 0 Å². The highest BCUT2D eigenvalue weighted by Crippen LogP contribution is 2.08. The Labute approximate surface area is 80.4 Å². The predicted molar refractivity (Wildman–Crippen MR) is 54.4 cm³/mol. The molecule has 0 bridgehead atoms. The van der Waals surface area contributed by atoms with E-state index in [9.17, 15) is 0 Å². The Morgan fingerprint density at radius 1 is 1.31 bits per heavy atom. The van der Waals surface area contributed by atoms with Crippen molar-refractivity contribution < 1.29 is 4.90 Å². The summed E-state index contributed by atoms with van der Waals surface area (Å²) in [6.07, 6.45) is 3.88. The average molecular weight is 175 g/mol. The first kappa shape index (κ1) is 8.76. The molecule has 0 amide bonds. The quantitative estimate of drug-likeness (QED) is 0.641. The molecule has 1 aliphatic heterocycles. The summed E-state index contributed by atoms with van der Waals surface area (Å²) in [5.74, 6) is 0. The third-order valence-corrected chi connectivity index (χ3v) is 2.95. The first-order valence-corrected chi connectivity index (χ1v) is 5.08. The Kier molecular flexibility index (Phi) is 2.65. The number of quaternary nitrogens is 1. The van der Waals surface area contributed by atoms with Gasteiger partial charge in [0.05, 0.1) is 12.6 Å². The fourth-order valence-corrected chi connectivity index (χ4v) is 2.13. The molecule has 0 spiro atoms. The van der Waals surface area contributed by atoms with Crippen LogP contribution >= 0.6 is 0 Å². The van der Waals surface area contributed by atoms with Gasteiger partial charge in [0.25, 0.3) is 0 Å². The molecule has 0 saturated carbocycles. The van der Waals surface area contributed by atoms with Gasteiger partial charge in [-0.3, -0.25) is 0 Å². The van der Waals surface area contributed by atoms with Gasteiger partial charge in [0.2, 0.25) is 0 Å². The number of rotatable bonds is 2. The second-order valence-corrected chi connectivity index (χ2v) is 3.94. The lowest BCUT2D eigenvalue weighted by atomic mass is 10.0. The van der Waals surface area contributed by atoms with Crippen molar-refractivity contribution >= 4 is 0 Å². The number of nitrogens with one attached hydrogen (secondary N) is 1. The molecular weight excluding hydrogens is 158 g/mol. The third-order valence-electron chi connectivity index (χ3n) is 2.95. The summed E-state index contributed by atoms with van der Waals surface area (Å²) < 4.78 is 0. The van der Waals surface area contributed by atoms with Gasteiger partial charge >= 0.3 is 0 Å². The zero-order valence-corrected chi connectivity index (χ0v) is 8.00. The summed E-state index contributed by atoms with van der Waals surface area (Å²) in [4.78, 5) is 1.46. The molecule has 1 heteroatoms. The maximum absolute atomic E-state index is 4.13. The molecule has 1 nitrogen and oxygen atoms in total. The summed E-state index contributed by atoms with van der Waals surface area (Å²) in [6.45, 7) is 1.25. The zero-order chi connectivity index (χ0) is 9.10. The monoisotopic (exact) mass is 175 g/mol. The van der Waals surface area contributed by atoms with E-state index in [1.54, 1.807) is 0 Å². The van der Waals surface area contributed by atoms with Gasteiger partial charge in [0.1, 0.15) is 0 Å². The van der Waals surface area contributed by atoms with Crippen molar-refractivity contribution in [2.45, 2.75) is 25.3 Å². The van der Waals surface area contributed by atoms with E-state index in [2.05, 4.69) is 37.4 Å². The van der Waals surface area contributed by atoms with E-state index in [0.29, 0.717) is 0 Å². The Hall–Kier alpha value is -0.820. The fourth-order valence-electron chi connectivity index (χ4n) is 2.13. The predicted octanol–water partition coefficient (Wildman–Crippen LogP) is 1.07. The van der Waals surface area contributed by atoms with Crippen LogP contribution in [0.4, 0.5) is 0 Å². The van der Waals surface area contributed by atoms with Crippen molar-refractivity contribution in [3.8, 4) is 0 Å². The van der Waals surface area contributed by atoms with E-state index in [0.717, 1.165) is 6.04 Å². The van der Waals surface area contributed by atoms with Gasteiger partial charge in [-0.2, -0.15) is 7.05 Å². The van der Waals surface area contributed by atoms with Crippen LogP contribution in [-0.4, -0.2) is 12.6 Å². The molecule has 1 aromatic carbocycles. The topological polar surface area (TPSA) is 4.44 Å². The van der Waals surface area contributed by atoms with Crippen LogP contribution < -0.4 is 4.90 Å². The van der Waals surface area contributed by atoms with E-state index in [1.165, 1.54) is 36.3 Å². The van der Waals surface area contributed by atoms with Crippen LogP contribution in [0.5, 0.6) is 0 Å². The molecule has 13 heavy (non-hydrogen) atoms. The highest BCUT2D eigenvalue weighted by atomic mass is 15.1. The zero-order valence-electron chi connectivity index (χ0n) is 8.00. The van der Waals surface area contributed by atoms with E-state index < -0.39 is 0 Å². The Bertz CT molecular complexity index is 255. The molecule has 2 atom stereocenters. The minimum Gasteiger partial charge on any atom is -0.465 e. The Morgan fingerprint density at radius 3 is 2.69 bits per heavy atom. The molecule has 2 rings (SSSR count). The first-order valence-electron chi connectivity index (χ1n) is 5.08. The van der Waals surface area contributed by atoms with Crippen molar-refractivity contribution in [3.05, 3.63) is 42.9 Å². The molecule has 0 aromatic heterocycles. The summed E-state index contributed by atoms with van der Waals surface area (Å²) in [7, 11) is 4.13. The molecule has 1 saturated heterocycles. The lowest BCUT2D eigenvalue weighted by Gasteiger charge is -2.22. The van der Waals surface area contributed by atoms with E-state index in [4.69, 9.17) is 0 Å². The normalized spacial score (nSPS) is 27.8. The van der Waals surface area contributed by atoms with Crippen molar-refractivity contribution in [1.82, 2.24) is 0 Å². The largest absolute Gasteiger partial charge is 0.465 e. The van der Waals surface area contributed by atoms with Crippen LogP contribution in [-0.2, 0) is 6.42 Å². The summed E-state index contributed by atoms with van der Waals surface area (Å²) >= 11 is 0. The van der Waals surface area contributed by atoms with Crippen molar-refractivity contribution in [2.75, 3.05) is 6.54 Å². The Balaban J connectivity index is 1.98. The fraction of sp³-hybridized carbons (Fsp3) is 0.417. The van der Waals surface area contributed by atoms with Crippen molar-refractivity contribution in [3.63, 3.8) is 0 Å². The van der Waals surface area contributed by atoms with E-state index >= 15 is 0 Å². The third kappa shape index (κ3) is 2.10. The molecule has 0 aliphatic carbocycles.